The summed E-state index contributed by atoms with van der Waals surface area (Å²) in [4.78, 5) is 13.7. The number of esters is 1. The molecule has 16 heavy (non-hydrogen) atoms. The lowest BCUT2D eigenvalue weighted by molar-refractivity contribution is -0.149. The van der Waals surface area contributed by atoms with Crippen LogP contribution in [0.3, 0.4) is 0 Å². The Labute approximate surface area is 102 Å². The zero-order chi connectivity index (χ0) is 12.0. The first kappa shape index (κ1) is 13.2. The molecule has 1 fully saturated rings. The van der Waals surface area contributed by atoms with Gasteiger partial charge in [-0.1, -0.05) is 24.9 Å². The second kappa shape index (κ2) is 6.63. The van der Waals surface area contributed by atoms with Gasteiger partial charge in [-0.25, -0.2) is 0 Å². The van der Waals surface area contributed by atoms with E-state index >= 15 is 0 Å². The van der Waals surface area contributed by atoms with Crippen LogP contribution in [-0.2, 0) is 9.53 Å². The third-order valence-electron chi connectivity index (χ3n) is 2.69. The van der Waals surface area contributed by atoms with Gasteiger partial charge in [-0.05, 0) is 25.2 Å². The smallest absolute Gasteiger partial charge is 0.309 e. The maximum atomic E-state index is 11.5. The Bertz CT molecular complexity index is 270. The van der Waals surface area contributed by atoms with E-state index in [2.05, 4.69) is 18.1 Å². The molecule has 1 rings (SSSR count). The number of nitrogens with zero attached hydrogens (tertiary/aromatic N) is 1. The molecule has 0 aromatic carbocycles. The van der Waals surface area contributed by atoms with E-state index in [0.717, 1.165) is 31.0 Å². The third kappa shape index (κ3) is 3.59. The highest BCUT2D eigenvalue weighted by Crippen LogP contribution is 2.26. The number of carbonyl (C=O) groups is 1. The highest BCUT2D eigenvalue weighted by Gasteiger charge is 2.26. The molecule has 0 radical (unpaired) electrons. The molecule has 90 valence electrons. The van der Waals surface area contributed by atoms with Gasteiger partial charge in [-0.15, -0.1) is 0 Å². The van der Waals surface area contributed by atoms with Gasteiger partial charge >= 0.3 is 5.97 Å². The van der Waals surface area contributed by atoms with Crippen LogP contribution < -0.4 is 0 Å². The molecule has 1 aliphatic heterocycles. The Morgan fingerprint density at radius 2 is 2.19 bits per heavy atom. The number of thioether (sulfide) groups is 1. The fourth-order valence-electron chi connectivity index (χ4n) is 1.80. The molecule has 0 N–H and O–H groups in total. The Kier molecular flexibility index (Phi) is 5.46. The van der Waals surface area contributed by atoms with Crippen molar-refractivity contribution in [1.29, 1.82) is 0 Å². The number of likely N-dealkylation sites (tertiary alicyclic amines) is 1. The van der Waals surface area contributed by atoms with Crippen molar-refractivity contribution in [3.63, 3.8) is 0 Å². The minimum absolute atomic E-state index is 0.0517. The van der Waals surface area contributed by atoms with Crippen molar-refractivity contribution < 1.29 is 9.53 Å². The lowest BCUT2D eigenvalue weighted by atomic mass is 9.97. The van der Waals surface area contributed by atoms with E-state index in [1.54, 1.807) is 5.41 Å². The molecule has 0 aliphatic carbocycles. The van der Waals surface area contributed by atoms with Gasteiger partial charge in [0.15, 0.2) is 0 Å². The van der Waals surface area contributed by atoms with E-state index in [4.69, 9.17) is 4.74 Å². The Balaban J connectivity index is 2.36. The number of piperidine rings is 1. The van der Waals surface area contributed by atoms with Crippen LogP contribution in [-0.4, -0.2) is 30.6 Å². The van der Waals surface area contributed by atoms with Crippen LogP contribution in [0, 0.1) is 5.92 Å². The fourth-order valence-corrected chi connectivity index (χ4v) is 2.32. The molecule has 0 bridgehead atoms. The van der Waals surface area contributed by atoms with E-state index in [-0.39, 0.29) is 11.9 Å². The minimum Gasteiger partial charge on any atom is -0.466 e. The maximum absolute atomic E-state index is 11.5. The topological polar surface area (TPSA) is 29.5 Å². The Morgan fingerprint density at radius 3 is 2.69 bits per heavy atom. The standard InChI is InChI=1S/C12H19NO2S/c1-4-15-12(14)11-6-8-13(9-7-11)10(3)16-5-2/h5,11H,2-4,6-9H2,1H3. The van der Waals surface area contributed by atoms with Gasteiger partial charge in [-0.3, -0.25) is 4.79 Å². The number of hydrogen-bond donors (Lipinski definition) is 0. The number of rotatable bonds is 5. The van der Waals surface area contributed by atoms with Gasteiger partial charge in [-0.2, -0.15) is 0 Å². The molecule has 3 nitrogen and oxygen atoms in total. The monoisotopic (exact) mass is 241 g/mol. The Morgan fingerprint density at radius 1 is 1.56 bits per heavy atom. The SMILES string of the molecule is C=CSC(=C)N1CCC(C(=O)OCC)CC1. The molecule has 1 saturated heterocycles. The van der Waals surface area contributed by atoms with Crippen molar-refractivity contribution in [2.24, 2.45) is 5.92 Å². The molecule has 0 aromatic heterocycles. The molecule has 0 spiro atoms. The first-order chi connectivity index (χ1) is 7.69. The summed E-state index contributed by atoms with van der Waals surface area (Å²) in [5.74, 6) is 0.0156. The molecule has 0 atom stereocenters. The molecule has 1 heterocycles. The zero-order valence-corrected chi connectivity index (χ0v) is 10.6. The fraction of sp³-hybridized carbons (Fsp3) is 0.583. The Hall–Kier alpha value is -0.900. The van der Waals surface area contributed by atoms with Crippen molar-refractivity contribution in [2.45, 2.75) is 19.8 Å². The molecule has 0 aromatic rings. The second-order valence-electron chi connectivity index (χ2n) is 3.69. The summed E-state index contributed by atoms with van der Waals surface area (Å²) >= 11 is 1.54. The molecule has 1 aliphatic rings. The van der Waals surface area contributed by atoms with Gasteiger partial charge in [0, 0.05) is 13.1 Å². The minimum atomic E-state index is -0.0517. The summed E-state index contributed by atoms with van der Waals surface area (Å²) < 4.78 is 5.02. The largest absolute Gasteiger partial charge is 0.466 e. The van der Waals surface area contributed by atoms with Crippen LogP contribution in [0.25, 0.3) is 0 Å². The van der Waals surface area contributed by atoms with Gasteiger partial charge < -0.3 is 9.64 Å². The van der Waals surface area contributed by atoms with Gasteiger partial charge in [0.05, 0.1) is 17.6 Å². The van der Waals surface area contributed by atoms with E-state index in [9.17, 15) is 4.79 Å². The highest BCUT2D eigenvalue weighted by atomic mass is 32.2. The first-order valence-electron chi connectivity index (χ1n) is 5.57. The molecular weight excluding hydrogens is 222 g/mol. The van der Waals surface area contributed by atoms with Crippen LogP contribution in [0.15, 0.2) is 23.6 Å². The first-order valence-corrected chi connectivity index (χ1v) is 6.45. The summed E-state index contributed by atoms with van der Waals surface area (Å²) in [6, 6.07) is 0. The average molecular weight is 241 g/mol. The van der Waals surface area contributed by atoms with Crippen LogP contribution in [0.1, 0.15) is 19.8 Å². The van der Waals surface area contributed by atoms with Crippen molar-refractivity contribution in [3.8, 4) is 0 Å². The van der Waals surface area contributed by atoms with Crippen molar-refractivity contribution in [3.05, 3.63) is 23.6 Å². The number of ether oxygens (including phenoxy) is 1. The summed E-state index contributed by atoms with van der Waals surface area (Å²) in [5, 5.41) is 2.79. The van der Waals surface area contributed by atoms with E-state index in [0.29, 0.717) is 6.61 Å². The number of carbonyl (C=O) groups excluding carboxylic acids is 1. The van der Waals surface area contributed by atoms with Crippen molar-refractivity contribution >= 4 is 17.7 Å². The second-order valence-corrected chi connectivity index (χ2v) is 4.73. The normalized spacial score (nSPS) is 16.9. The maximum Gasteiger partial charge on any atom is 0.309 e. The van der Waals surface area contributed by atoms with Crippen molar-refractivity contribution in [1.82, 2.24) is 4.90 Å². The molecule has 0 amide bonds. The van der Waals surface area contributed by atoms with Crippen LogP contribution in [0.4, 0.5) is 0 Å². The highest BCUT2D eigenvalue weighted by molar-refractivity contribution is 8.05. The van der Waals surface area contributed by atoms with Crippen LogP contribution in [0.2, 0.25) is 0 Å². The van der Waals surface area contributed by atoms with Crippen LogP contribution in [0.5, 0.6) is 0 Å². The van der Waals surface area contributed by atoms with Gasteiger partial charge in [0.25, 0.3) is 0 Å². The molecule has 0 saturated carbocycles. The third-order valence-corrected chi connectivity index (χ3v) is 3.38. The summed E-state index contributed by atoms with van der Waals surface area (Å²) in [5.41, 5.74) is 0. The zero-order valence-electron chi connectivity index (χ0n) is 9.78. The summed E-state index contributed by atoms with van der Waals surface area (Å²) in [7, 11) is 0. The van der Waals surface area contributed by atoms with Gasteiger partial charge in [0.1, 0.15) is 0 Å². The molecular formula is C12H19NO2S. The van der Waals surface area contributed by atoms with Crippen molar-refractivity contribution in [2.75, 3.05) is 19.7 Å². The van der Waals surface area contributed by atoms with Gasteiger partial charge in [0.2, 0.25) is 0 Å². The summed E-state index contributed by atoms with van der Waals surface area (Å²) in [6.07, 6.45) is 1.71. The van der Waals surface area contributed by atoms with E-state index in [1.165, 1.54) is 11.8 Å². The van der Waals surface area contributed by atoms with E-state index < -0.39 is 0 Å². The molecule has 0 unspecified atom stereocenters. The lowest BCUT2D eigenvalue weighted by Gasteiger charge is -2.32. The van der Waals surface area contributed by atoms with E-state index in [1.807, 2.05) is 6.92 Å². The lowest BCUT2D eigenvalue weighted by Crippen LogP contribution is -2.35. The predicted octanol–water partition coefficient (Wildman–Crippen LogP) is 2.61. The average Bonchev–Trinajstić information content (AvgIpc) is 2.30. The van der Waals surface area contributed by atoms with Crippen LogP contribution >= 0.6 is 11.8 Å². The number of hydrogen-bond acceptors (Lipinski definition) is 4. The quantitative estimate of drug-likeness (QED) is 0.692. The molecule has 4 heteroatoms. The predicted molar refractivity (Wildman–Crippen MR) is 67.9 cm³/mol. The summed E-state index contributed by atoms with van der Waals surface area (Å²) in [6.45, 7) is 11.7.